The van der Waals surface area contributed by atoms with Gasteiger partial charge in [0.15, 0.2) is 0 Å². The number of benzene rings is 2. The molecule has 112 valence electrons. The van der Waals surface area contributed by atoms with Crippen LogP contribution in [0, 0.1) is 0 Å². The molecule has 0 saturated heterocycles. The van der Waals surface area contributed by atoms with Crippen LogP contribution in [0.25, 0.3) is 17.1 Å². The van der Waals surface area contributed by atoms with E-state index in [2.05, 4.69) is 32.8 Å². The number of nitrogens with zero attached hydrogens (tertiary/aromatic N) is 3. The fourth-order valence-electron chi connectivity index (χ4n) is 2.44. The number of aromatic nitrogens is 3. The molecular formula is C16H12BrCl2N3. The molecule has 3 rings (SSSR count). The number of halogens is 3. The van der Waals surface area contributed by atoms with Gasteiger partial charge in [-0.05, 0) is 36.8 Å². The molecule has 0 radical (unpaired) electrons. The van der Waals surface area contributed by atoms with E-state index in [4.69, 9.17) is 23.2 Å². The maximum absolute atomic E-state index is 6.31. The van der Waals surface area contributed by atoms with Crippen LogP contribution >= 0.6 is 39.1 Å². The van der Waals surface area contributed by atoms with Crippen molar-refractivity contribution >= 4 is 56.2 Å². The van der Waals surface area contributed by atoms with E-state index in [0.717, 1.165) is 26.6 Å². The summed E-state index contributed by atoms with van der Waals surface area (Å²) in [6.45, 7) is 5.85. The summed E-state index contributed by atoms with van der Waals surface area (Å²) < 4.78 is 2.80. The Morgan fingerprint density at radius 2 is 2.05 bits per heavy atom. The van der Waals surface area contributed by atoms with Crippen molar-refractivity contribution in [2.45, 2.75) is 13.0 Å². The molecule has 0 spiro atoms. The van der Waals surface area contributed by atoms with E-state index in [0.29, 0.717) is 10.0 Å². The van der Waals surface area contributed by atoms with Gasteiger partial charge in [0.2, 0.25) is 0 Å². The molecular weight excluding hydrogens is 385 g/mol. The first-order valence-electron chi connectivity index (χ1n) is 6.63. The molecule has 2 aromatic carbocycles. The van der Waals surface area contributed by atoms with Crippen LogP contribution in [0.3, 0.4) is 0 Å². The molecule has 6 heteroatoms. The smallest absolute Gasteiger partial charge is 0.120 e. The van der Waals surface area contributed by atoms with Gasteiger partial charge in [-0.1, -0.05) is 63.1 Å². The van der Waals surface area contributed by atoms with Gasteiger partial charge in [0.05, 0.1) is 11.6 Å². The van der Waals surface area contributed by atoms with Gasteiger partial charge in [0.25, 0.3) is 0 Å². The minimum Gasteiger partial charge on any atom is -0.237 e. The topological polar surface area (TPSA) is 30.7 Å². The zero-order valence-corrected chi connectivity index (χ0v) is 14.8. The molecule has 1 heterocycles. The van der Waals surface area contributed by atoms with E-state index >= 15 is 0 Å². The number of hydrogen-bond donors (Lipinski definition) is 0. The highest BCUT2D eigenvalue weighted by Gasteiger charge is 2.17. The van der Waals surface area contributed by atoms with Gasteiger partial charge in [-0.25, -0.2) is 4.68 Å². The second kappa shape index (κ2) is 6.03. The van der Waals surface area contributed by atoms with E-state index in [1.807, 2.05) is 35.9 Å². The first-order chi connectivity index (χ1) is 10.5. The van der Waals surface area contributed by atoms with Crippen LogP contribution in [0.15, 0.2) is 41.4 Å². The Morgan fingerprint density at radius 1 is 1.27 bits per heavy atom. The maximum Gasteiger partial charge on any atom is 0.120 e. The SMILES string of the molecule is C=Cc1cc(Br)cc2c1nnn2[C@H](C)c1ccc(Cl)cc1Cl. The fourth-order valence-corrected chi connectivity index (χ4v) is 3.47. The van der Waals surface area contributed by atoms with Crippen molar-refractivity contribution in [3.63, 3.8) is 0 Å². The van der Waals surface area contributed by atoms with Crippen LogP contribution in [0.2, 0.25) is 10.0 Å². The van der Waals surface area contributed by atoms with Crippen molar-refractivity contribution in [2.75, 3.05) is 0 Å². The van der Waals surface area contributed by atoms with Gasteiger partial charge in [-0.3, -0.25) is 0 Å². The largest absolute Gasteiger partial charge is 0.237 e. The van der Waals surface area contributed by atoms with Crippen molar-refractivity contribution in [3.8, 4) is 0 Å². The molecule has 0 aliphatic carbocycles. The van der Waals surface area contributed by atoms with Crippen LogP contribution in [0.5, 0.6) is 0 Å². The third kappa shape index (κ3) is 2.67. The van der Waals surface area contributed by atoms with Crippen molar-refractivity contribution in [2.24, 2.45) is 0 Å². The van der Waals surface area contributed by atoms with Gasteiger partial charge in [0, 0.05) is 20.1 Å². The molecule has 3 aromatic rings. The summed E-state index contributed by atoms with van der Waals surface area (Å²) in [5.74, 6) is 0. The van der Waals surface area contributed by atoms with Crippen molar-refractivity contribution < 1.29 is 0 Å². The lowest BCUT2D eigenvalue weighted by Gasteiger charge is -2.15. The molecule has 0 unspecified atom stereocenters. The average molecular weight is 397 g/mol. The van der Waals surface area contributed by atoms with Crippen LogP contribution in [-0.4, -0.2) is 15.0 Å². The molecule has 0 N–H and O–H groups in total. The van der Waals surface area contributed by atoms with E-state index in [-0.39, 0.29) is 6.04 Å². The first kappa shape index (κ1) is 15.5. The van der Waals surface area contributed by atoms with Gasteiger partial charge >= 0.3 is 0 Å². The Balaban J connectivity index is 2.17. The maximum atomic E-state index is 6.31. The predicted molar refractivity (Wildman–Crippen MR) is 95.6 cm³/mol. The van der Waals surface area contributed by atoms with E-state index < -0.39 is 0 Å². The molecule has 1 aromatic heterocycles. The second-order valence-corrected chi connectivity index (χ2v) is 6.70. The lowest BCUT2D eigenvalue weighted by atomic mass is 10.1. The summed E-state index contributed by atoms with van der Waals surface area (Å²) in [7, 11) is 0. The Bertz CT molecular complexity index is 873. The van der Waals surface area contributed by atoms with Crippen molar-refractivity contribution in [1.29, 1.82) is 0 Å². The minimum absolute atomic E-state index is 0.0678. The Labute approximate surface area is 146 Å². The van der Waals surface area contributed by atoms with Crippen LogP contribution in [0.1, 0.15) is 24.1 Å². The molecule has 3 nitrogen and oxygen atoms in total. The van der Waals surface area contributed by atoms with Gasteiger partial charge in [-0.15, -0.1) is 5.10 Å². The number of rotatable bonds is 3. The molecule has 1 atom stereocenters. The highest BCUT2D eigenvalue weighted by atomic mass is 79.9. The summed E-state index contributed by atoms with van der Waals surface area (Å²) in [6.07, 6.45) is 1.77. The molecule has 22 heavy (non-hydrogen) atoms. The second-order valence-electron chi connectivity index (χ2n) is 4.94. The van der Waals surface area contributed by atoms with Crippen molar-refractivity contribution in [1.82, 2.24) is 15.0 Å². The summed E-state index contributed by atoms with van der Waals surface area (Å²) in [5.41, 5.74) is 3.61. The molecule has 0 amide bonds. The van der Waals surface area contributed by atoms with E-state index in [1.54, 1.807) is 12.1 Å². The highest BCUT2D eigenvalue weighted by molar-refractivity contribution is 9.10. The molecule has 0 aliphatic heterocycles. The van der Waals surface area contributed by atoms with Crippen LogP contribution in [0.4, 0.5) is 0 Å². The average Bonchev–Trinajstić information content (AvgIpc) is 2.89. The summed E-state index contributed by atoms with van der Waals surface area (Å²) in [4.78, 5) is 0. The third-order valence-electron chi connectivity index (χ3n) is 3.57. The normalized spacial score (nSPS) is 12.5. The van der Waals surface area contributed by atoms with Crippen LogP contribution < -0.4 is 0 Å². The van der Waals surface area contributed by atoms with E-state index in [1.165, 1.54) is 0 Å². The van der Waals surface area contributed by atoms with Crippen molar-refractivity contribution in [3.05, 3.63) is 62.6 Å². The zero-order chi connectivity index (χ0) is 15.9. The summed E-state index contributed by atoms with van der Waals surface area (Å²) in [5, 5.41) is 9.79. The highest BCUT2D eigenvalue weighted by Crippen LogP contribution is 2.31. The lowest BCUT2D eigenvalue weighted by Crippen LogP contribution is -2.09. The Kier molecular flexibility index (Phi) is 4.26. The molecule has 0 saturated carbocycles. The summed E-state index contributed by atoms with van der Waals surface area (Å²) in [6, 6.07) is 9.36. The molecule has 0 aliphatic rings. The Morgan fingerprint density at radius 3 is 2.73 bits per heavy atom. The first-order valence-corrected chi connectivity index (χ1v) is 8.18. The van der Waals surface area contributed by atoms with Gasteiger partial charge < -0.3 is 0 Å². The monoisotopic (exact) mass is 395 g/mol. The predicted octanol–water partition coefficient (Wildman–Crippen LogP) is 5.75. The van der Waals surface area contributed by atoms with E-state index in [9.17, 15) is 0 Å². The standard InChI is InChI=1S/C16H12BrCl2N3/c1-3-10-6-11(17)7-15-16(10)20-21-22(15)9(2)13-5-4-12(18)8-14(13)19/h3-9H,1H2,2H3/t9-/m1/s1. The van der Waals surface area contributed by atoms with Gasteiger partial charge in [0.1, 0.15) is 5.52 Å². The molecule has 0 bridgehead atoms. The molecule has 0 fully saturated rings. The minimum atomic E-state index is -0.0678. The lowest BCUT2D eigenvalue weighted by molar-refractivity contribution is 0.560. The van der Waals surface area contributed by atoms with Crippen LogP contribution in [-0.2, 0) is 0 Å². The number of fused-ring (bicyclic) bond motifs is 1. The summed E-state index contributed by atoms with van der Waals surface area (Å²) >= 11 is 15.8. The third-order valence-corrected chi connectivity index (χ3v) is 4.59. The quantitative estimate of drug-likeness (QED) is 0.563. The Hall–Kier alpha value is -1.36. The van der Waals surface area contributed by atoms with Gasteiger partial charge in [-0.2, -0.15) is 0 Å². The number of hydrogen-bond acceptors (Lipinski definition) is 2. The fraction of sp³-hybridized carbons (Fsp3) is 0.125. The zero-order valence-electron chi connectivity index (χ0n) is 11.7.